The minimum absolute atomic E-state index is 0.218. The maximum Gasteiger partial charge on any atom is 0.279 e. The number of hydrogen-bond acceptors (Lipinski definition) is 4. The number of nitrogens with one attached hydrogen (secondary N) is 2. The van der Waals surface area contributed by atoms with Gasteiger partial charge in [-0.15, -0.1) is 0 Å². The molecule has 138 valence electrons. The van der Waals surface area contributed by atoms with Crippen LogP contribution in [0.2, 0.25) is 15.1 Å². The highest BCUT2D eigenvalue weighted by Gasteiger charge is 2.18. The quantitative estimate of drug-likeness (QED) is 0.724. The first-order valence-electron chi connectivity index (χ1n) is 7.37. The summed E-state index contributed by atoms with van der Waals surface area (Å²) in [6.07, 6.45) is -0.889. The Kier molecular flexibility index (Phi) is 6.97. The Morgan fingerprint density at radius 1 is 1.00 bits per heavy atom. The van der Waals surface area contributed by atoms with Crippen molar-refractivity contribution in [3.8, 4) is 11.5 Å². The van der Waals surface area contributed by atoms with Gasteiger partial charge >= 0.3 is 0 Å². The lowest BCUT2D eigenvalue weighted by atomic mass is 10.2. The summed E-state index contributed by atoms with van der Waals surface area (Å²) in [7, 11) is 1.41. The van der Waals surface area contributed by atoms with Crippen LogP contribution in [0.3, 0.4) is 0 Å². The molecule has 0 saturated heterocycles. The van der Waals surface area contributed by atoms with E-state index in [9.17, 15) is 9.59 Å². The largest absolute Gasteiger partial charge is 0.496 e. The number of ether oxygens (including phenoxy) is 2. The summed E-state index contributed by atoms with van der Waals surface area (Å²) in [5, 5.41) is 1.10. The molecule has 0 spiro atoms. The minimum Gasteiger partial charge on any atom is -0.496 e. The van der Waals surface area contributed by atoms with E-state index >= 15 is 0 Å². The van der Waals surface area contributed by atoms with Gasteiger partial charge < -0.3 is 9.47 Å². The van der Waals surface area contributed by atoms with Gasteiger partial charge in [-0.25, -0.2) is 0 Å². The summed E-state index contributed by atoms with van der Waals surface area (Å²) in [6, 6.07) is 9.14. The number of benzene rings is 2. The first-order valence-corrected chi connectivity index (χ1v) is 8.50. The van der Waals surface area contributed by atoms with E-state index in [0.29, 0.717) is 20.8 Å². The van der Waals surface area contributed by atoms with Gasteiger partial charge in [0, 0.05) is 11.1 Å². The topological polar surface area (TPSA) is 76.7 Å². The van der Waals surface area contributed by atoms with Crippen molar-refractivity contribution in [3.63, 3.8) is 0 Å². The third-order valence-corrected chi connectivity index (χ3v) is 4.25. The predicted molar refractivity (Wildman–Crippen MR) is 100 cm³/mol. The van der Waals surface area contributed by atoms with Crippen LogP contribution in [-0.2, 0) is 4.79 Å². The van der Waals surface area contributed by atoms with Crippen molar-refractivity contribution < 1.29 is 19.1 Å². The molecule has 0 aromatic heterocycles. The van der Waals surface area contributed by atoms with Crippen molar-refractivity contribution in [2.75, 3.05) is 7.11 Å². The summed E-state index contributed by atoms with van der Waals surface area (Å²) in [5.41, 5.74) is 4.79. The Morgan fingerprint density at radius 2 is 1.73 bits per heavy atom. The number of hydrogen-bond donors (Lipinski definition) is 2. The Hall–Kier alpha value is -2.15. The second-order valence-electron chi connectivity index (χ2n) is 5.12. The molecule has 2 aromatic rings. The fourth-order valence-corrected chi connectivity index (χ4v) is 2.40. The van der Waals surface area contributed by atoms with E-state index in [4.69, 9.17) is 44.3 Å². The molecule has 2 N–H and O–H groups in total. The summed E-state index contributed by atoms with van der Waals surface area (Å²) in [4.78, 5) is 24.3. The molecule has 1 unspecified atom stereocenters. The van der Waals surface area contributed by atoms with Crippen molar-refractivity contribution >= 4 is 46.6 Å². The van der Waals surface area contributed by atoms with E-state index in [1.54, 1.807) is 12.1 Å². The maximum atomic E-state index is 12.2. The molecule has 0 fully saturated rings. The van der Waals surface area contributed by atoms with Gasteiger partial charge in [-0.05, 0) is 37.3 Å². The van der Waals surface area contributed by atoms with E-state index in [1.807, 2.05) is 0 Å². The van der Waals surface area contributed by atoms with Crippen molar-refractivity contribution in [1.82, 2.24) is 10.9 Å². The van der Waals surface area contributed by atoms with Gasteiger partial charge in [0.15, 0.2) is 6.10 Å². The number of hydrazine groups is 1. The zero-order valence-electron chi connectivity index (χ0n) is 13.8. The van der Waals surface area contributed by atoms with Crippen molar-refractivity contribution in [1.29, 1.82) is 0 Å². The van der Waals surface area contributed by atoms with Crippen molar-refractivity contribution in [3.05, 3.63) is 57.0 Å². The molecule has 0 saturated carbocycles. The van der Waals surface area contributed by atoms with Gasteiger partial charge in [-0.3, -0.25) is 20.4 Å². The number of methoxy groups -OCH3 is 1. The Labute approximate surface area is 165 Å². The first kappa shape index (κ1) is 20.2. The van der Waals surface area contributed by atoms with Crippen LogP contribution in [0.15, 0.2) is 36.4 Å². The SMILES string of the molecule is COc1cc(Cl)ccc1C(=O)NNC(=O)C(C)Oc1ccc(Cl)c(Cl)c1. The highest BCUT2D eigenvalue weighted by molar-refractivity contribution is 6.42. The summed E-state index contributed by atoms with van der Waals surface area (Å²) >= 11 is 17.6. The van der Waals surface area contributed by atoms with Crippen LogP contribution in [0.25, 0.3) is 0 Å². The highest BCUT2D eigenvalue weighted by atomic mass is 35.5. The van der Waals surface area contributed by atoms with Crippen LogP contribution in [0.1, 0.15) is 17.3 Å². The van der Waals surface area contributed by atoms with Crippen LogP contribution in [-0.4, -0.2) is 25.0 Å². The molecule has 0 bridgehead atoms. The molecule has 26 heavy (non-hydrogen) atoms. The molecule has 0 aliphatic heterocycles. The zero-order valence-corrected chi connectivity index (χ0v) is 16.1. The Morgan fingerprint density at radius 3 is 2.38 bits per heavy atom. The van der Waals surface area contributed by atoms with Crippen LogP contribution in [0.5, 0.6) is 11.5 Å². The lowest BCUT2D eigenvalue weighted by molar-refractivity contribution is -0.128. The van der Waals surface area contributed by atoms with Gasteiger partial charge in [0.05, 0.1) is 22.7 Å². The number of halogens is 3. The third kappa shape index (κ3) is 5.17. The molecule has 0 heterocycles. The number of rotatable bonds is 5. The van der Waals surface area contributed by atoms with E-state index in [2.05, 4.69) is 10.9 Å². The van der Waals surface area contributed by atoms with Gasteiger partial charge in [-0.2, -0.15) is 0 Å². The molecule has 0 aliphatic carbocycles. The van der Waals surface area contributed by atoms with E-state index in [0.717, 1.165) is 0 Å². The van der Waals surface area contributed by atoms with Gasteiger partial charge in [0.1, 0.15) is 11.5 Å². The van der Waals surface area contributed by atoms with Crippen molar-refractivity contribution in [2.24, 2.45) is 0 Å². The normalized spacial score (nSPS) is 11.4. The molecule has 2 aromatic carbocycles. The minimum atomic E-state index is -0.889. The number of carbonyl (C=O) groups excluding carboxylic acids is 2. The summed E-state index contributed by atoms with van der Waals surface area (Å²) < 4.78 is 10.6. The number of amides is 2. The van der Waals surface area contributed by atoms with Crippen molar-refractivity contribution in [2.45, 2.75) is 13.0 Å². The lowest BCUT2D eigenvalue weighted by Gasteiger charge is -2.16. The summed E-state index contributed by atoms with van der Waals surface area (Å²) in [6.45, 7) is 1.52. The molecular weight excluding hydrogens is 403 g/mol. The van der Waals surface area contributed by atoms with E-state index < -0.39 is 17.9 Å². The van der Waals surface area contributed by atoms with Gasteiger partial charge in [0.2, 0.25) is 0 Å². The molecule has 9 heteroatoms. The van der Waals surface area contributed by atoms with E-state index in [-0.39, 0.29) is 11.3 Å². The standard InChI is InChI=1S/C17H15Cl3N2O4/c1-9(26-11-4-6-13(19)14(20)8-11)16(23)21-22-17(24)12-5-3-10(18)7-15(12)25-2/h3-9H,1-2H3,(H,21,23)(H,22,24). The Balaban J connectivity index is 1.95. The molecule has 0 aliphatic rings. The second-order valence-corrected chi connectivity index (χ2v) is 6.37. The maximum absolute atomic E-state index is 12.2. The first-order chi connectivity index (χ1) is 12.3. The van der Waals surface area contributed by atoms with Gasteiger partial charge in [-0.1, -0.05) is 34.8 Å². The smallest absolute Gasteiger partial charge is 0.279 e. The highest BCUT2D eigenvalue weighted by Crippen LogP contribution is 2.27. The predicted octanol–water partition coefficient (Wildman–Crippen LogP) is 3.88. The van der Waals surface area contributed by atoms with Crippen LogP contribution in [0, 0.1) is 0 Å². The lowest BCUT2D eigenvalue weighted by Crippen LogP contribution is -2.47. The molecule has 2 rings (SSSR count). The average Bonchev–Trinajstić information content (AvgIpc) is 2.62. The Bertz CT molecular complexity index is 830. The molecular formula is C17H15Cl3N2O4. The molecule has 6 nitrogen and oxygen atoms in total. The fraction of sp³-hybridized carbons (Fsp3) is 0.176. The van der Waals surface area contributed by atoms with E-state index in [1.165, 1.54) is 38.3 Å². The van der Waals surface area contributed by atoms with Crippen LogP contribution >= 0.6 is 34.8 Å². The van der Waals surface area contributed by atoms with Crippen LogP contribution in [0.4, 0.5) is 0 Å². The third-order valence-electron chi connectivity index (χ3n) is 3.28. The fourth-order valence-electron chi connectivity index (χ4n) is 1.95. The van der Waals surface area contributed by atoms with Gasteiger partial charge in [0.25, 0.3) is 11.8 Å². The van der Waals surface area contributed by atoms with Crippen LogP contribution < -0.4 is 20.3 Å². The summed E-state index contributed by atoms with van der Waals surface area (Å²) in [5.74, 6) is -0.469. The molecule has 2 amide bonds. The number of carbonyl (C=O) groups is 2. The zero-order chi connectivity index (χ0) is 19.3. The molecule has 0 radical (unpaired) electrons. The monoisotopic (exact) mass is 416 g/mol. The average molecular weight is 418 g/mol. The second kappa shape index (κ2) is 8.98. The molecule has 1 atom stereocenters.